The smallest absolute Gasteiger partial charge is 0.358 e. The Hall–Kier alpha value is -1.58. The predicted octanol–water partition coefficient (Wildman–Crippen LogP) is 0.856. The van der Waals surface area contributed by atoms with E-state index in [1.165, 1.54) is 0 Å². The van der Waals surface area contributed by atoms with Crippen LogP contribution in [0.2, 0.25) is 0 Å². The average molecular weight is 275 g/mol. The number of nitro groups is 1. The maximum atomic E-state index is 11.6. The molecule has 0 aliphatic rings. The maximum absolute atomic E-state index is 11.6. The highest BCUT2D eigenvalue weighted by molar-refractivity contribution is 7.89. The van der Waals surface area contributed by atoms with E-state index >= 15 is 0 Å². The van der Waals surface area contributed by atoms with E-state index in [4.69, 9.17) is 4.84 Å². The molecule has 0 aliphatic heterocycles. The molecule has 0 aliphatic carbocycles. The molecule has 0 bridgehead atoms. The molecule has 9 heteroatoms. The van der Waals surface area contributed by atoms with Crippen LogP contribution in [0, 0.1) is 16.0 Å². The van der Waals surface area contributed by atoms with Crippen LogP contribution >= 0.6 is 0 Å². The SMILES string of the molecule is CC(C)CONS(=O)(=O)c1ccc([N+](=O)[O-])nc1. The minimum atomic E-state index is -3.86. The highest BCUT2D eigenvalue weighted by atomic mass is 32.2. The molecule has 0 radical (unpaired) electrons. The van der Waals surface area contributed by atoms with E-state index in [2.05, 4.69) is 4.98 Å². The first kappa shape index (κ1) is 14.5. The molecule has 1 rings (SSSR count). The third kappa shape index (κ3) is 4.02. The molecule has 0 spiro atoms. The van der Waals surface area contributed by atoms with E-state index in [1.54, 1.807) is 0 Å². The average Bonchev–Trinajstić information content (AvgIpc) is 2.28. The van der Waals surface area contributed by atoms with E-state index in [9.17, 15) is 18.5 Å². The zero-order valence-corrected chi connectivity index (χ0v) is 10.7. The van der Waals surface area contributed by atoms with Crippen molar-refractivity contribution in [2.24, 2.45) is 5.92 Å². The van der Waals surface area contributed by atoms with Crippen LogP contribution in [0.5, 0.6) is 0 Å². The summed E-state index contributed by atoms with van der Waals surface area (Å²) in [6.07, 6.45) is 0.902. The minimum Gasteiger partial charge on any atom is -0.358 e. The molecule has 0 amide bonds. The van der Waals surface area contributed by atoms with Gasteiger partial charge < -0.3 is 10.1 Å². The first-order valence-electron chi connectivity index (χ1n) is 5.07. The van der Waals surface area contributed by atoms with Gasteiger partial charge >= 0.3 is 5.82 Å². The van der Waals surface area contributed by atoms with E-state index in [1.807, 2.05) is 18.7 Å². The second-order valence-corrected chi connectivity index (χ2v) is 5.55. The molecule has 0 fully saturated rings. The van der Waals surface area contributed by atoms with E-state index < -0.39 is 20.8 Å². The second-order valence-electron chi connectivity index (χ2n) is 3.90. The molecule has 0 unspecified atom stereocenters. The highest BCUT2D eigenvalue weighted by Crippen LogP contribution is 2.12. The molecule has 0 saturated carbocycles. The Morgan fingerprint density at radius 3 is 2.61 bits per heavy atom. The fraction of sp³-hybridized carbons (Fsp3) is 0.444. The second kappa shape index (κ2) is 5.85. The molecular weight excluding hydrogens is 262 g/mol. The van der Waals surface area contributed by atoms with E-state index in [0.717, 1.165) is 18.3 Å². The number of nitrogens with zero attached hydrogens (tertiary/aromatic N) is 2. The van der Waals surface area contributed by atoms with Crippen molar-refractivity contribution in [2.45, 2.75) is 18.7 Å². The van der Waals surface area contributed by atoms with Gasteiger partial charge in [-0.05, 0) is 21.9 Å². The van der Waals surface area contributed by atoms with Gasteiger partial charge in [0.1, 0.15) is 4.90 Å². The van der Waals surface area contributed by atoms with Crippen molar-refractivity contribution in [3.05, 3.63) is 28.4 Å². The van der Waals surface area contributed by atoms with Gasteiger partial charge in [0.15, 0.2) is 6.20 Å². The lowest BCUT2D eigenvalue weighted by molar-refractivity contribution is -0.389. The maximum Gasteiger partial charge on any atom is 0.363 e. The largest absolute Gasteiger partial charge is 0.363 e. The van der Waals surface area contributed by atoms with Crippen LogP contribution in [-0.4, -0.2) is 24.9 Å². The summed E-state index contributed by atoms with van der Waals surface area (Å²) in [6.45, 7) is 3.95. The third-order valence-corrected chi connectivity index (χ3v) is 3.00. The van der Waals surface area contributed by atoms with Crippen LogP contribution in [0.4, 0.5) is 5.82 Å². The zero-order valence-electron chi connectivity index (χ0n) is 9.86. The van der Waals surface area contributed by atoms with Gasteiger partial charge in [0.05, 0.1) is 6.61 Å². The number of rotatable bonds is 6. The standard InChI is InChI=1S/C9H13N3O5S/c1-7(2)6-17-11-18(15,16)8-3-4-9(10-5-8)12(13)14/h3-5,7,11H,6H2,1-2H3. The Labute approximate surface area is 104 Å². The minimum absolute atomic E-state index is 0.169. The Bertz CT molecular complexity index is 512. The number of pyridine rings is 1. The predicted molar refractivity (Wildman–Crippen MR) is 62.0 cm³/mol. The summed E-state index contributed by atoms with van der Waals surface area (Å²) in [5.41, 5.74) is 0. The van der Waals surface area contributed by atoms with Crippen molar-refractivity contribution in [2.75, 3.05) is 6.61 Å². The van der Waals surface area contributed by atoms with Gasteiger partial charge in [-0.3, -0.25) is 4.84 Å². The topological polar surface area (TPSA) is 111 Å². The molecule has 1 heterocycles. The summed E-state index contributed by atoms with van der Waals surface area (Å²) >= 11 is 0. The molecule has 0 saturated heterocycles. The van der Waals surface area contributed by atoms with Crippen LogP contribution in [0.25, 0.3) is 0 Å². The molecule has 1 aromatic rings. The van der Waals surface area contributed by atoms with Crippen molar-refractivity contribution < 1.29 is 18.2 Å². The molecule has 0 atom stereocenters. The van der Waals surface area contributed by atoms with Gasteiger partial charge in [-0.15, -0.1) is 0 Å². The van der Waals surface area contributed by atoms with Gasteiger partial charge in [-0.25, -0.2) is 8.42 Å². The van der Waals surface area contributed by atoms with Crippen LogP contribution in [0.15, 0.2) is 23.2 Å². The molecule has 8 nitrogen and oxygen atoms in total. The summed E-state index contributed by atoms with van der Waals surface area (Å²) in [6, 6.07) is 2.10. The summed E-state index contributed by atoms with van der Waals surface area (Å²) in [5.74, 6) is -0.250. The van der Waals surface area contributed by atoms with Crippen molar-refractivity contribution in [1.29, 1.82) is 0 Å². The lowest BCUT2D eigenvalue weighted by Gasteiger charge is -2.07. The number of hydrogen-bond acceptors (Lipinski definition) is 6. The quantitative estimate of drug-likeness (QED) is 0.608. The summed E-state index contributed by atoms with van der Waals surface area (Å²) in [7, 11) is -3.86. The lowest BCUT2D eigenvalue weighted by Crippen LogP contribution is -2.26. The van der Waals surface area contributed by atoms with Gasteiger partial charge in [0.2, 0.25) is 0 Å². The summed E-state index contributed by atoms with van der Waals surface area (Å²) in [4.78, 5) is 19.6. The Morgan fingerprint density at radius 1 is 1.50 bits per heavy atom. The first-order valence-corrected chi connectivity index (χ1v) is 6.55. The summed E-state index contributed by atoms with van der Waals surface area (Å²) in [5, 5.41) is 10.4. The van der Waals surface area contributed by atoms with Crippen LogP contribution in [0.3, 0.4) is 0 Å². The van der Waals surface area contributed by atoms with Crippen molar-refractivity contribution in [1.82, 2.24) is 9.87 Å². The normalized spacial score (nSPS) is 11.7. The van der Waals surface area contributed by atoms with Crippen LogP contribution in [0.1, 0.15) is 13.8 Å². The van der Waals surface area contributed by atoms with Crippen LogP contribution < -0.4 is 4.89 Å². The van der Waals surface area contributed by atoms with Gasteiger partial charge in [-0.2, -0.15) is 0 Å². The Morgan fingerprint density at radius 2 is 2.17 bits per heavy atom. The first-order chi connectivity index (χ1) is 8.33. The van der Waals surface area contributed by atoms with Crippen LogP contribution in [-0.2, 0) is 14.9 Å². The zero-order chi connectivity index (χ0) is 13.8. The number of sulfonamides is 1. The van der Waals surface area contributed by atoms with Crippen molar-refractivity contribution in [3.63, 3.8) is 0 Å². The Balaban J connectivity index is 2.76. The van der Waals surface area contributed by atoms with Gasteiger partial charge in [0.25, 0.3) is 10.0 Å². The third-order valence-electron chi connectivity index (χ3n) is 1.80. The Kier molecular flexibility index (Phi) is 4.70. The highest BCUT2D eigenvalue weighted by Gasteiger charge is 2.18. The van der Waals surface area contributed by atoms with E-state index in [-0.39, 0.29) is 17.4 Å². The molecule has 1 N–H and O–H groups in total. The van der Waals surface area contributed by atoms with Gasteiger partial charge in [0, 0.05) is 6.07 Å². The van der Waals surface area contributed by atoms with Crippen molar-refractivity contribution in [3.8, 4) is 0 Å². The molecule has 0 aromatic carbocycles. The molecular formula is C9H13N3O5S. The number of aromatic nitrogens is 1. The molecule has 1 aromatic heterocycles. The van der Waals surface area contributed by atoms with E-state index in [0.29, 0.717) is 0 Å². The lowest BCUT2D eigenvalue weighted by atomic mass is 10.2. The monoisotopic (exact) mass is 275 g/mol. The fourth-order valence-electron chi connectivity index (χ4n) is 0.966. The number of hydrogen-bond donors (Lipinski definition) is 1. The molecule has 18 heavy (non-hydrogen) atoms. The number of nitrogens with one attached hydrogen (secondary N) is 1. The molecule has 100 valence electrons. The fourth-order valence-corrected chi connectivity index (χ4v) is 1.72. The van der Waals surface area contributed by atoms with Gasteiger partial charge in [-0.1, -0.05) is 18.7 Å². The van der Waals surface area contributed by atoms with Crippen molar-refractivity contribution >= 4 is 15.8 Å². The summed E-state index contributed by atoms with van der Waals surface area (Å²) < 4.78 is 23.3.